The number of aliphatic hydroxyl groups excluding tert-OH is 2. The summed E-state index contributed by atoms with van der Waals surface area (Å²) in [5, 5.41) is 22.5. The Morgan fingerprint density at radius 1 is 1.19 bits per heavy atom. The number of esters is 1. The molecular weight excluding hydrogens is 340 g/mol. The molecule has 1 aliphatic heterocycles. The molecule has 0 spiro atoms. The highest BCUT2D eigenvalue weighted by molar-refractivity contribution is 6.06. The molecule has 7 nitrogen and oxygen atoms in total. The number of fused-ring (bicyclic) bond motifs is 3. The standard InChI is InChI=1S/C19H22O7/c1-19(2)17(21)14(20)12-13(18(22)24-4)15(25-9-23-3)10-7-5-6-8-11(10)16(12)26-19/h5-8,14,17,20-21H,9H2,1-4H3. The van der Waals surface area contributed by atoms with Crippen LogP contribution in [0.5, 0.6) is 11.5 Å². The maximum Gasteiger partial charge on any atom is 0.342 e. The van der Waals surface area contributed by atoms with E-state index in [1.165, 1.54) is 14.2 Å². The van der Waals surface area contributed by atoms with E-state index >= 15 is 0 Å². The third-order valence-electron chi connectivity index (χ3n) is 4.54. The fourth-order valence-electron chi connectivity index (χ4n) is 3.22. The fourth-order valence-corrected chi connectivity index (χ4v) is 3.22. The summed E-state index contributed by atoms with van der Waals surface area (Å²) in [7, 11) is 2.70. The highest BCUT2D eigenvalue weighted by atomic mass is 16.7. The van der Waals surface area contributed by atoms with E-state index < -0.39 is 23.8 Å². The molecule has 3 rings (SSSR count). The van der Waals surface area contributed by atoms with Gasteiger partial charge in [-0.05, 0) is 13.8 Å². The molecule has 2 atom stereocenters. The zero-order valence-electron chi connectivity index (χ0n) is 15.1. The minimum atomic E-state index is -1.35. The van der Waals surface area contributed by atoms with Gasteiger partial charge < -0.3 is 29.2 Å². The molecule has 0 fully saturated rings. The molecule has 140 valence electrons. The van der Waals surface area contributed by atoms with Crippen molar-refractivity contribution >= 4 is 16.7 Å². The average Bonchev–Trinajstić information content (AvgIpc) is 2.63. The lowest BCUT2D eigenvalue weighted by atomic mass is 9.84. The van der Waals surface area contributed by atoms with Crippen molar-refractivity contribution in [2.24, 2.45) is 0 Å². The molecule has 1 aliphatic rings. The van der Waals surface area contributed by atoms with E-state index in [9.17, 15) is 15.0 Å². The highest BCUT2D eigenvalue weighted by Crippen LogP contribution is 2.49. The fraction of sp³-hybridized carbons (Fsp3) is 0.421. The molecule has 0 aliphatic carbocycles. The number of hydrogen-bond donors (Lipinski definition) is 2. The molecule has 0 bridgehead atoms. The van der Waals surface area contributed by atoms with Crippen molar-refractivity contribution in [1.29, 1.82) is 0 Å². The van der Waals surface area contributed by atoms with Crippen LogP contribution in [0.4, 0.5) is 0 Å². The van der Waals surface area contributed by atoms with Crippen LogP contribution in [-0.4, -0.2) is 48.9 Å². The molecule has 0 saturated carbocycles. The molecule has 0 amide bonds. The first-order valence-electron chi connectivity index (χ1n) is 8.17. The summed E-state index contributed by atoms with van der Waals surface area (Å²) in [6, 6.07) is 7.19. The van der Waals surface area contributed by atoms with Crippen LogP contribution in [0.1, 0.15) is 35.9 Å². The minimum Gasteiger partial charge on any atom is -0.484 e. The number of aliphatic hydroxyl groups is 2. The Hall–Kier alpha value is -2.35. The number of rotatable bonds is 4. The van der Waals surface area contributed by atoms with Gasteiger partial charge in [-0.25, -0.2) is 4.79 Å². The molecule has 2 N–H and O–H groups in total. The van der Waals surface area contributed by atoms with Crippen molar-refractivity contribution in [3.8, 4) is 11.5 Å². The van der Waals surface area contributed by atoms with Gasteiger partial charge in [0, 0.05) is 23.4 Å². The summed E-state index contributed by atoms with van der Waals surface area (Å²) in [4.78, 5) is 12.5. The normalized spacial score (nSPS) is 21.0. The van der Waals surface area contributed by atoms with Gasteiger partial charge in [-0.2, -0.15) is 0 Å². The predicted octanol–water partition coefficient (Wildman–Crippen LogP) is 2.17. The molecule has 2 unspecified atom stereocenters. The van der Waals surface area contributed by atoms with Gasteiger partial charge in [0.1, 0.15) is 34.9 Å². The van der Waals surface area contributed by atoms with E-state index in [0.717, 1.165) is 0 Å². The van der Waals surface area contributed by atoms with E-state index in [-0.39, 0.29) is 23.7 Å². The average molecular weight is 362 g/mol. The first kappa shape index (κ1) is 18.4. The quantitative estimate of drug-likeness (QED) is 0.636. The SMILES string of the molecule is COCOc1c(C(=O)OC)c2c(c3ccccc13)OC(C)(C)C(O)C2O. The summed E-state index contributed by atoms with van der Waals surface area (Å²) >= 11 is 0. The van der Waals surface area contributed by atoms with Crippen LogP contribution >= 0.6 is 0 Å². The summed E-state index contributed by atoms with van der Waals surface area (Å²) < 4.78 is 21.5. The van der Waals surface area contributed by atoms with Crippen molar-refractivity contribution in [2.45, 2.75) is 31.7 Å². The number of carbonyl (C=O) groups is 1. The van der Waals surface area contributed by atoms with Gasteiger partial charge in [-0.1, -0.05) is 24.3 Å². The van der Waals surface area contributed by atoms with Crippen molar-refractivity contribution in [3.05, 3.63) is 35.4 Å². The molecule has 0 saturated heterocycles. The molecule has 0 aromatic heterocycles. The second-order valence-corrected chi connectivity index (χ2v) is 6.63. The zero-order chi connectivity index (χ0) is 19.1. The summed E-state index contributed by atoms with van der Waals surface area (Å²) in [6.45, 7) is 3.25. The molecular formula is C19H22O7. The summed E-state index contributed by atoms with van der Waals surface area (Å²) in [5.74, 6) is -0.163. The van der Waals surface area contributed by atoms with Gasteiger partial charge in [0.05, 0.1) is 7.11 Å². The first-order chi connectivity index (χ1) is 12.3. The van der Waals surface area contributed by atoms with Gasteiger partial charge in [0.25, 0.3) is 0 Å². The van der Waals surface area contributed by atoms with Crippen LogP contribution in [0.3, 0.4) is 0 Å². The number of benzene rings is 2. The van der Waals surface area contributed by atoms with E-state index in [1.807, 2.05) is 6.07 Å². The van der Waals surface area contributed by atoms with Gasteiger partial charge in [-0.3, -0.25) is 0 Å². The third kappa shape index (κ3) is 2.78. The number of methoxy groups -OCH3 is 2. The molecule has 2 aromatic rings. The second-order valence-electron chi connectivity index (χ2n) is 6.63. The zero-order valence-corrected chi connectivity index (χ0v) is 15.1. The summed E-state index contributed by atoms with van der Waals surface area (Å²) in [5.41, 5.74) is -0.883. The van der Waals surface area contributed by atoms with Gasteiger partial charge >= 0.3 is 5.97 Å². The first-order valence-corrected chi connectivity index (χ1v) is 8.17. The Morgan fingerprint density at radius 2 is 1.85 bits per heavy atom. The van der Waals surface area contributed by atoms with Crippen LogP contribution < -0.4 is 9.47 Å². The minimum absolute atomic E-state index is 0.0142. The Labute approximate surface area is 151 Å². The van der Waals surface area contributed by atoms with Gasteiger partial charge in [-0.15, -0.1) is 0 Å². The lowest BCUT2D eigenvalue weighted by Gasteiger charge is -2.41. The van der Waals surface area contributed by atoms with Crippen LogP contribution in [0, 0.1) is 0 Å². The van der Waals surface area contributed by atoms with E-state index in [2.05, 4.69) is 0 Å². The van der Waals surface area contributed by atoms with Gasteiger partial charge in [0.15, 0.2) is 6.79 Å². The topological polar surface area (TPSA) is 94.5 Å². The highest BCUT2D eigenvalue weighted by Gasteiger charge is 2.46. The lowest BCUT2D eigenvalue weighted by Crippen LogP contribution is -2.49. The maximum atomic E-state index is 12.5. The Bertz CT molecular complexity index is 843. The van der Waals surface area contributed by atoms with E-state index in [0.29, 0.717) is 16.5 Å². The lowest BCUT2D eigenvalue weighted by molar-refractivity contribution is -0.111. The largest absolute Gasteiger partial charge is 0.484 e. The Balaban J connectivity index is 2.42. The smallest absolute Gasteiger partial charge is 0.342 e. The van der Waals surface area contributed by atoms with Crippen LogP contribution in [0.25, 0.3) is 10.8 Å². The monoisotopic (exact) mass is 362 g/mol. The van der Waals surface area contributed by atoms with Crippen LogP contribution in [0.15, 0.2) is 24.3 Å². The molecule has 7 heteroatoms. The number of hydrogen-bond acceptors (Lipinski definition) is 7. The Morgan fingerprint density at radius 3 is 2.46 bits per heavy atom. The van der Waals surface area contributed by atoms with E-state index in [4.69, 9.17) is 18.9 Å². The molecule has 26 heavy (non-hydrogen) atoms. The summed E-state index contributed by atoms with van der Waals surface area (Å²) in [6.07, 6.45) is -2.59. The van der Waals surface area contributed by atoms with Crippen molar-refractivity contribution in [1.82, 2.24) is 0 Å². The third-order valence-corrected chi connectivity index (χ3v) is 4.54. The van der Waals surface area contributed by atoms with E-state index in [1.54, 1.807) is 32.0 Å². The number of carbonyl (C=O) groups excluding carboxylic acids is 1. The maximum absolute atomic E-state index is 12.5. The number of ether oxygens (including phenoxy) is 4. The van der Waals surface area contributed by atoms with Crippen molar-refractivity contribution in [3.63, 3.8) is 0 Å². The molecule has 2 aromatic carbocycles. The van der Waals surface area contributed by atoms with Gasteiger partial charge in [0.2, 0.25) is 0 Å². The Kier molecular flexibility index (Phi) is 4.79. The van der Waals surface area contributed by atoms with Crippen LogP contribution in [0.2, 0.25) is 0 Å². The second kappa shape index (κ2) is 6.75. The van der Waals surface area contributed by atoms with Crippen molar-refractivity contribution < 1.29 is 34.0 Å². The van der Waals surface area contributed by atoms with Crippen LogP contribution in [-0.2, 0) is 9.47 Å². The molecule has 1 heterocycles. The molecule has 0 radical (unpaired) electrons. The predicted molar refractivity (Wildman–Crippen MR) is 93.5 cm³/mol. The van der Waals surface area contributed by atoms with Crippen molar-refractivity contribution in [2.75, 3.05) is 21.0 Å².